The molecule has 0 atom stereocenters. The summed E-state index contributed by atoms with van der Waals surface area (Å²) in [6.45, 7) is 5.41. The SMILES string of the molecule is COc1c(Br)cc(Cl)cc1C(=O)OC(C)(C)C. The normalized spacial score (nSPS) is 11.2. The summed E-state index contributed by atoms with van der Waals surface area (Å²) in [5.74, 6) is -0.0406. The van der Waals surface area contributed by atoms with E-state index in [4.69, 9.17) is 21.1 Å². The van der Waals surface area contributed by atoms with Gasteiger partial charge in [-0.1, -0.05) is 11.6 Å². The summed E-state index contributed by atoms with van der Waals surface area (Å²) in [5.41, 5.74) is -0.251. The van der Waals surface area contributed by atoms with Crippen molar-refractivity contribution in [2.24, 2.45) is 0 Å². The van der Waals surface area contributed by atoms with Gasteiger partial charge in [0, 0.05) is 5.02 Å². The van der Waals surface area contributed by atoms with Crippen LogP contribution in [0.25, 0.3) is 0 Å². The van der Waals surface area contributed by atoms with Gasteiger partial charge in [-0.25, -0.2) is 4.79 Å². The first-order valence-corrected chi connectivity index (χ1v) is 6.18. The van der Waals surface area contributed by atoms with Crippen LogP contribution >= 0.6 is 27.5 Å². The Morgan fingerprint density at radius 1 is 1.35 bits per heavy atom. The minimum absolute atomic E-state index is 0.307. The minimum Gasteiger partial charge on any atom is -0.495 e. The lowest BCUT2D eigenvalue weighted by molar-refractivity contribution is 0.00664. The molecule has 0 saturated carbocycles. The molecule has 1 aromatic rings. The summed E-state index contributed by atoms with van der Waals surface area (Å²) < 4.78 is 11.1. The van der Waals surface area contributed by atoms with Gasteiger partial charge in [0.25, 0.3) is 0 Å². The van der Waals surface area contributed by atoms with E-state index in [1.54, 1.807) is 26.8 Å². The quantitative estimate of drug-likeness (QED) is 0.770. The van der Waals surface area contributed by atoms with Crippen molar-refractivity contribution in [3.63, 3.8) is 0 Å². The maximum Gasteiger partial charge on any atom is 0.342 e. The van der Waals surface area contributed by atoms with Crippen LogP contribution < -0.4 is 4.74 Å². The molecule has 0 saturated heterocycles. The summed E-state index contributed by atoms with van der Waals surface area (Å²) in [4.78, 5) is 12.0. The van der Waals surface area contributed by atoms with Crippen LogP contribution in [0.4, 0.5) is 0 Å². The second kappa shape index (κ2) is 5.27. The number of esters is 1. The number of hydrogen-bond donors (Lipinski definition) is 0. The van der Waals surface area contributed by atoms with Gasteiger partial charge in [-0.05, 0) is 48.8 Å². The largest absolute Gasteiger partial charge is 0.495 e. The first kappa shape index (κ1) is 14.3. The van der Waals surface area contributed by atoms with Crippen molar-refractivity contribution in [2.75, 3.05) is 7.11 Å². The first-order valence-electron chi connectivity index (χ1n) is 5.01. The molecule has 0 spiro atoms. The number of carbonyl (C=O) groups is 1. The van der Waals surface area contributed by atoms with Gasteiger partial charge in [-0.2, -0.15) is 0 Å². The van der Waals surface area contributed by atoms with E-state index >= 15 is 0 Å². The molecule has 0 aromatic heterocycles. The molecule has 0 unspecified atom stereocenters. The van der Waals surface area contributed by atoms with Crippen LogP contribution in [0.3, 0.4) is 0 Å². The molecule has 0 amide bonds. The maximum absolute atomic E-state index is 12.0. The lowest BCUT2D eigenvalue weighted by Gasteiger charge is -2.20. The second-order valence-corrected chi connectivity index (χ2v) is 5.76. The molecule has 0 bridgehead atoms. The fraction of sp³-hybridized carbons (Fsp3) is 0.417. The lowest BCUT2D eigenvalue weighted by Crippen LogP contribution is -2.24. The Kier molecular flexibility index (Phi) is 4.44. The van der Waals surface area contributed by atoms with Gasteiger partial charge in [0.05, 0.1) is 11.6 Å². The molecular formula is C12H14BrClO3. The van der Waals surface area contributed by atoms with E-state index in [2.05, 4.69) is 15.9 Å². The molecule has 0 aliphatic heterocycles. The molecule has 1 aromatic carbocycles. The van der Waals surface area contributed by atoms with Crippen molar-refractivity contribution in [1.82, 2.24) is 0 Å². The number of carbonyl (C=O) groups excluding carboxylic acids is 1. The Labute approximate surface area is 114 Å². The number of benzene rings is 1. The van der Waals surface area contributed by atoms with Gasteiger partial charge < -0.3 is 9.47 Å². The van der Waals surface area contributed by atoms with Gasteiger partial charge in [0.15, 0.2) is 0 Å². The Morgan fingerprint density at radius 2 is 1.94 bits per heavy atom. The molecule has 0 N–H and O–H groups in total. The Bertz CT molecular complexity index is 438. The number of methoxy groups -OCH3 is 1. The van der Waals surface area contributed by atoms with Gasteiger partial charge in [-0.3, -0.25) is 0 Å². The maximum atomic E-state index is 12.0. The van der Waals surface area contributed by atoms with E-state index in [1.165, 1.54) is 13.2 Å². The molecule has 5 heteroatoms. The molecule has 0 aliphatic carbocycles. The van der Waals surface area contributed by atoms with Crippen molar-refractivity contribution in [3.05, 3.63) is 27.2 Å². The topological polar surface area (TPSA) is 35.5 Å². The average Bonchev–Trinajstić information content (AvgIpc) is 2.13. The third kappa shape index (κ3) is 3.89. The average molecular weight is 322 g/mol. The molecule has 0 fully saturated rings. The van der Waals surface area contributed by atoms with E-state index in [0.29, 0.717) is 20.8 Å². The van der Waals surface area contributed by atoms with Gasteiger partial charge >= 0.3 is 5.97 Å². The van der Waals surface area contributed by atoms with Gasteiger partial charge in [-0.15, -0.1) is 0 Å². The Morgan fingerprint density at radius 3 is 2.41 bits per heavy atom. The second-order valence-electron chi connectivity index (χ2n) is 4.47. The first-order chi connectivity index (χ1) is 7.74. The predicted molar refractivity (Wildman–Crippen MR) is 70.9 cm³/mol. The van der Waals surface area contributed by atoms with Gasteiger partial charge in [0.2, 0.25) is 0 Å². The third-order valence-corrected chi connectivity index (χ3v) is 2.64. The highest BCUT2D eigenvalue weighted by Gasteiger charge is 2.22. The van der Waals surface area contributed by atoms with E-state index < -0.39 is 11.6 Å². The zero-order valence-electron chi connectivity index (χ0n) is 10.1. The molecule has 1 rings (SSSR count). The fourth-order valence-electron chi connectivity index (χ4n) is 1.25. The molecule has 0 radical (unpaired) electrons. The highest BCUT2D eigenvalue weighted by molar-refractivity contribution is 9.10. The monoisotopic (exact) mass is 320 g/mol. The summed E-state index contributed by atoms with van der Waals surface area (Å²) in [7, 11) is 1.49. The van der Waals surface area contributed by atoms with Crippen molar-refractivity contribution >= 4 is 33.5 Å². The summed E-state index contributed by atoms with van der Waals surface area (Å²) in [6, 6.07) is 3.19. The van der Waals surface area contributed by atoms with Crippen LogP contribution in [-0.2, 0) is 4.74 Å². The summed E-state index contributed by atoms with van der Waals surface area (Å²) in [5, 5.41) is 0.443. The molecular weight excluding hydrogens is 307 g/mol. The molecule has 0 aliphatic rings. The van der Waals surface area contributed by atoms with Crippen LogP contribution in [0.15, 0.2) is 16.6 Å². The summed E-state index contributed by atoms with van der Waals surface area (Å²) in [6.07, 6.45) is 0. The van der Waals surface area contributed by atoms with Crippen LogP contribution in [0.2, 0.25) is 5.02 Å². The van der Waals surface area contributed by atoms with E-state index in [1.807, 2.05) is 0 Å². The molecule has 17 heavy (non-hydrogen) atoms. The number of rotatable bonds is 2. The van der Waals surface area contributed by atoms with Crippen molar-refractivity contribution in [1.29, 1.82) is 0 Å². The number of halogens is 2. The fourth-order valence-corrected chi connectivity index (χ4v) is 2.22. The van der Waals surface area contributed by atoms with E-state index in [9.17, 15) is 4.79 Å². The predicted octanol–water partition coefficient (Wildman–Crippen LogP) is 4.07. The lowest BCUT2D eigenvalue weighted by atomic mass is 10.1. The van der Waals surface area contributed by atoms with Crippen LogP contribution in [0.5, 0.6) is 5.75 Å². The highest BCUT2D eigenvalue weighted by Crippen LogP contribution is 2.33. The van der Waals surface area contributed by atoms with Crippen LogP contribution in [0, 0.1) is 0 Å². The standard InChI is InChI=1S/C12H14BrClO3/c1-12(2,3)17-11(15)8-5-7(14)6-9(13)10(8)16-4/h5-6H,1-4H3. The molecule has 3 nitrogen and oxygen atoms in total. The van der Waals surface area contributed by atoms with E-state index in [-0.39, 0.29) is 0 Å². The number of hydrogen-bond acceptors (Lipinski definition) is 3. The Hall–Kier alpha value is -0.740. The van der Waals surface area contributed by atoms with Crippen molar-refractivity contribution in [3.8, 4) is 5.75 Å². The zero-order valence-corrected chi connectivity index (χ0v) is 12.5. The smallest absolute Gasteiger partial charge is 0.342 e. The number of ether oxygens (including phenoxy) is 2. The third-order valence-electron chi connectivity index (χ3n) is 1.83. The summed E-state index contributed by atoms with van der Waals surface area (Å²) >= 11 is 9.19. The van der Waals surface area contributed by atoms with Crippen molar-refractivity contribution in [2.45, 2.75) is 26.4 Å². The van der Waals surface area contributed by atoms with Crippen LogP contribution in [0.1, 0.15) is 31.1 Å². The minimum atomic E-state index is -0.559. The van der Waals surface area contributed by atoms with E-state index in [0.717, 1.165) is 0 Å². The highest BCUT2D eigenvalue weighted by atomic mass is 79.9. The van der Waals surface area contributed by atoms with Crippen molar-refractivity contribution < 1.29 is 14.3 Å². The Balaban J connectivity index is 3.16. The molecule has 94 valence electrons. The zero-order chi connectivity index (χ0) is 13.2. The van der Waals surface area contributed by atoms with Crippen LogP contribution in [-0.4, -0.2) is 18.7 Å². The molecule has 0 heterocycles. The van der Waals surface area contributed by atoms with Gasteiger partial charge in [0.1, 0.15) is 16.9 Å².